The lowest BCUT2D eigenvalue weighted by Crippen LogP contribution is -2.43. The Morgan fingerprint density at radius 2 is 2.10 bits per heavy atom. The van der Waals surface area contributed by atoms with Gasteiger partial charge in [-0.3, -0.25) is 4.79 Å². The molecule has 1 aromatic carbocycles. The van der Waals surface area contributed by atoms with Crippen LogP contribution >= 0.6 is 11.6 Å². The molecule has 20 heavy (non-hydrogen) atoms. The van der Waals surface area contributed by atoms with Crippen LogP contribution in [0.3, 0.4) is 0 Å². The highest BCUT2D eigenvalue weighted by atomic mass is 35.5. The number of aromatic carboxylic acids is 1. The molecular weight excluding hydrogens is 288 g/mol. The number of nitrogens with two attached hydrogens (primary N) is 1. The molecule has 1 amide bonds. The van der Waals surface area contributed by atoms with E-state index in [1.165, 1.54) is 18.2 Å². The van der Waals surface area contributed by atoms with Crippen LogP contribution < -0.4 is 11.1 Å². The summed E-state index contributed by atoms with van der Waals surface area (Å²) >= 11 is 5.74. The molecule has 8 heteroatoms. The van der Waals surface area contributed by atoms with Gasteiger partial charge in [0.25, 0.3) is 5.91 Å². The van der Waals surface area contributed by atoms with Crippen LogP contribution in [-0.2, 0) is 14.3 Å². The fourth-order valence-corrected chi connectivity index (χ4v) is 1.65. The second-order valence-corrected chi connectivity index (χ2v) is 4.09. The third-order valence-electron chi connectivity index (χ3n) is 2.31. The van der Waals surface area contributed by atoms with Crippen molar-refractivity contribution in [3.8, 4) is 0 Å². The van der Waals surface area contributed by atoms with E-state index < -0.39 is 23.9 Å². The second kappa shape index (κ2) is 6.88. The fraction of sp³-hybridized carbons (Fsp3) is 0.250. The first-order valence-corrected chi connectivity index (χ1v) is 6.01. The van der Waals surface area contributed by atoms with E-state index in [9.17, 15) is 14.4 Å². The van der Waals surface area contributed by atoms with Gasteiger partial charge in [-0.15, -0.1) is 0 Å². The monoisotopic (exact) mass is 300 g/mol. The molecule has 0 fully saturated rings. The van der Waals surface area contributed by atoms with E-state index in [0.29, 0.717) is 0 Å². The lowest BCUT2D eigenvalue weighted by Gasteiger charge is -2.13. The minimum atomic E-state index is -1.55. The predicted octanol–water partition coefficient (Wildman–Crippen LogP) is 0.867. The Hall–Kier alpha value is -2.12. The summed E-state index contributed by atoms with van der Waals surface area (Å²) in [6, 6.07) is 2.62. The number of amides is 1. The van der Waals surface area contributed by atoms with Crippen LogP contribution in [0.25, 0.3) is 0 Å². The Morgan fingerprint density at radius 1 is 1.45 bits per heavy atom. The number of anilines is 1. The van der Waals surface area contributed by atoms with Gasteiger partial charge in [0.2, 0.25) is 0 Å². The number of carbonyl (C=O) groups is 3. The summed E-state index contributed by atoms with van der Waals surface area (Å²) in [6.45, 7) is 1.65. The molecule has 0 heterocycles. The highest BCUT2D eigenvalue weighted by Crippen LogP contribution is 2.24. The summed E-state index contributed by atoms with van der Waals surface area (Å²) in [4.78, 5) is 34.1. The van der Waals surface area contributed by atoms with Crippen molar-refractivity contribution in [1.29, 1.82) is 0 Å². The van der Waals surface area contributed by atoms with Crippen molar-refractivity contribution in [2.75, 3.05) is 11.9 Å². The number of halogens is 1. The third-order valence-corrected chi connectivity index (χ3v) is 2.62. The molecule has 1 aromatic rings. The molecule has 0 spiro atoms. The molecule has 0 aliphatic carbocycles. The van der Waals surface area contributed by atoms with Crippen LogP contribution in [-0.4, -0.2) is 35.6 Å². The predicted molar refractivity (Wildman–Crippen MR) is 71.6 cm³/mol. The van der Waals surface area contributed by atoms with Crippen molar-refractivity contribution in [3.05, 3.63) is 28.8 Å². The molecule has 1 rings (SSSR count). The van der Waals surface area contributed by atoms with Gasteiger partial charge in [0.1, 0.15) is 5.56 Å². The van der Waals surface area contributed by atoms with E-state index in [4.69, 9.17) is 22.4 Å². The Kier molecular flexibility index (Phi) is 5.48. The molecule has 0 aromatic heterocycles. The first-order valence-electron chi connectivity index (χ1n) is 5.63. The number of carboxylic acid groups (broad SMARTS) is 1. The minimum absolute atomic E-state index is 0.0417. The number of ether oxygens (including phenoxy) is 1. The van der Waals surface area contributed by atoms with Crippen LogP contribution in [0.5, 0.6) is 0 Å². The maximum absolute atomic E-state index is 11.7. The van der Waals surface area contributed by atoms with E-state index in [1.807, 2.05) is 0 Å². The van der Waals surface area contributed by atoms with Gasteiger partial charge >= 0.3 is 11.9 Å². The van der Waals surface area contributed by atoms with Crippen molar-refractivity contribution < 1.29 is 24.2 Å². The standard InChI is InChI=1S/C12H13ClN2O5/c1-2-20-12(19)9(14)10(16)15-7-5-3-4-6(13)8(7)11(17)18/h3-5,9H,2,14H2,1H3,(H,15,16)(H,17,18). The lowest BCUT2D eigenvalue weighted by molar-refractivity contribution is -0.146. The highest BCUT2D eigenvalue weighted by Gasteiger charge is 2.25. The Morgan fingerprint density at radius 3 is 2.65 bits per heavy atom. The van der Waals surface area contributed by atoms with Gasteiger partial charge in [0.15, 0.2) is 6.04 Å². The van der Waals surface area contributed by atoms with E-state index in [1.54, 1.807) is 6.92 Å². The Bertz CT molecular complexity index is 547. The normalized spacial score (nSPS) is 11.6. The molecule has 0 bridgehead atoms. The van der Waals surface area contributed by atoms with Gasteiger partial charge in [0, 0.05) is 0 Å². The number of carbonyl (C=O) groups excluding carboxylic acids is 2. The van der Waals surface area contributed by atoms with E-state index in [2.05, 4.69) is 10.1 Å². The van der Waals surface area contributed by atoms with E-state index in [0.717, 1.165) is 0 Å². The molecular formula is C12H13ClN2O5. The molecule has 0 radical (unpaired) electrons. The van der Waals surface area contributed by atoms with Crippen LogP contribution in [0.15, 0.2) is 18.2 Å². The zero-order chi connectivity index (χ0) is 15.3. The average Bonchev–Trinajstić information content (AvgIpc) is 2.37. The number of hydrogen-bond donors (Lipinski definition) is 3. The molecule has 7 nitrogen and oxygen atoms in total. The van der Waals surface area contributed by atoms with Crippen LogP contribution in [0.4, 0.5) is 5.69 Å². The van der Waals surface area contributed by atoms with E-state index >= 15 is 0 Å². The maximum Gasteiger partial charge on any atom is 0.339 e. The summed E-state index contributed by atoms with van der Waals surface area (Å²) in [5, 5.41) is 11.2. The average molecular weight is 301 g/mol. The van der Waals surface area contributed by atoms with Gasteiger partial charge < -0.3 is 20.9 Å². The Labute approximate surface area is 119 Å². The third kappa shape index (κ3) is 3.69. The summed E-state index contributed by atoms with van der Waals surface area (Å²) in [6.07, 6.45) is 0. The molecule has 0 aliphatic heterocycles. The van der Waals surface area contributed by atoms with Crippen LogP contribution in [0.1, 0.15) is 17.3 Å². The van der Waals surface area contributed by atoms with Crippen molar-refractivity contribution in [3.63, 3.8) is 0 Å². The van der Waals surface area contributed by atoms with Gasteiger partial charge in [-0.1, -0.05) is 17.7 Å². The van der Waals surface area contributed by atoms with Gasteiger partial charge in [-0.2, -0.15) is 0 Å². The molecule has 108 valence electrons. The van der Waals surface area contributed by atoms with Crippen molar-refractivity contribution in [2.24, 2.45) is 5.73 Å². The van der Waals surface area contributed by atoms with E-state index in [-0.39, 0.29) is 22.9 Å². The van der Waals surface area contributed by atoms with Crippen molar-refractivity contribution in [1.82, 2.24) is 0 Å². The molecule has 0 saturated heterocycles. The number of hydrogen-bond acceptors (Lipinski definition) is 5. The number of esters is 1. The zero-order valence-electron chi connectivity index (χ0n) is 10.6. The molecule has 0 saturated carbocycles. The smallest absolute Gasteiger partial charge is 0.339 e. The van der Waals surface area contributed by atoms with Gasteiger partial charge in [-0.25, -0.2) is 9.59 Å². The molecule has 1 atom stereocenters. The fourth-order valence-electron chi connectivity index (χ4n) is 1.40. The maximum atomic E-state index is 11.7. The summed E-state index contributed by atoms with van der Waals surface area (Å²) in [5.74, 6) is -3.09. The zero-order valence-corrected chi connectivity index (χ0v) is 11.3. The lowest BCUT2D eigenvalue weighted by atomic mass is 10.1. The van der Waals surface area contributed by atoms with Crippen LogP contribution in [0, 0.1) is 0 Å². The number of nitrogens with one attached hydrogen (secondary N) is 1. The SMILES string of the molecule is CCOC(=O)C(N)C(=O)Nc1cccc(Cl)c1C(=O)O. The first-order chi connectivity index (χ1) is 9.38. The van der Waals surface area contributed by atoms with Gasteiger partial charge in [0.05, 0.1) is 17.3 Å². The molecule has 4 N–H and O–H groups in total. The Balaban J connectivity index is 2.94. The highest BCUT2D eigenvalue weighted by molar-refractivity contribution is 6.34. The second-order valence-electron chi connectivity index (χ2n) is 3.69. The quantitative estimate of drug-likeness (QED) is 0.548. The first kappa shape index (κ1) is 15.9. The largest absolute Gasteiger partial charge is 0.478 e. The minimum Gasteiger partial charge on any atom is -0.478 e. The number of carboxylic acids is 1. The van der Waals surface area contributed by atoms with Crippen LogP contribution in [0.2, 0.25) is 5.02 Å². The topological polar surface area (TPSA) is 119 Å². The number of rotatable bonds is 5. The van der Waals surface area contributed by atoms with Gasteiger partial charge in [-0.05, 0) is 19.1 Å². The summed E-state index contributed by atoms with van der Waals surface area (Å²) < 4.78 is 4.60. The summed E-state index contributed by atoms with van der Waals surface area (Å²) in [7, 11) is 0. The molecule has 0 aliphatic rings. The van der Waals surface area contributed by atoms with Crippen molar-refractivity contribution in [2.45, 2.75) is 13.0 Å². The number of benzene rings is 1. The molecule has 1 unspecified atom stereocenters. The summed E-state index contributed by atoms with van der Waals surface area (Å²) in [5.41, 5.74) is 5.07. The van der Waals surface area contributed by atoms with Crippen molar-refractivity contribution >= 4 is 35.1 Å².